The zero-order chi connectivity index (χ0) is 58.7. The molecule has 0 fully saturated rings. The maximum absolute atomic E-state index is 12.7. The van der Waals surface area contributed by atoms with Crippen molar-refractivity contribution in [3.63, 3.8) is 0 Å². The fraction of sp³-hybridized carbons (Fsp3) is 0.634. The van der Waals surface area contributed by atoms with Gasteiger partial charge in [-0.1, -0.05) is 282 Å². The maximum atomic E-state index is 12.7. The predicted molar refractivity (Wildman–Crippen MR) is 348 cm³/mol. The molecule has 0 aromatic heterocycles. The molecule has 0 radical (unpaired) electrons. The monoisotopic (exact) mass is 1140 g/mol. The summed E-state index contributed by atoms with van der Waals surface area (Å²) >= 11 is 0. The number of nitrogens with two attached hydrogens (primary N) is 1. The Labute approximate surface area is 496 Å². The van der Waals surface area contributed by atoms with E-state index in [1.807, 2.05) is 6.08 Å². The zero-order valence-electron chi connectivity index (χ0n) is 51.5. The number of esters is 2. The highest BCUT2D eigenvalue weighted by Crippen LogP contribution is 2.43. The molecular formula is C71H118NO8P. The molecule has 0 aromatic carbocycles. The summed E-state index contributed by atoms with van der Waals surface area (Å²) in [5.41, 5.74) is 5.38. The summed E-state index contributed by atoms with van der Waals surface area (Å²) in [6, 6.07) is 0. The molecule has 0 amide bonds. The molecule has 0 aromatic rings. The third-order valence-corrected chi connectivity index (χ3v) is 14.2. The van der Waals surface area contributed by atoms with Gasteiger partial charge >= 0.3 is 19.8 Å². The first kappa shape index (κ1) is 76.9. The van der Waals surface area contributed by atoms with Gasteiger partial charge in [0.05, 0.1) is 13.2 Å². The summed E-state index contributed by atoms with van der Waals surface area (Å²) < 4.78 is 33.0. The van der Waals surface area contributed by atoms with E-state index in [4.69, 9.17) is 24.3 Å². The standard InChI is InChI=1S/C71H118NO8P/c1-3-5-7-9-11-13-15-17-19-21-23-25-27-28-29-30-31-32-33-34-35-36-37-38-39-40-42-43-45-47-49-51-53-55-57-59-61-63-70(73)77-67-69(68-79-81(75,76)78-66-65-72)80-71(74)64-62-60-58-56-54-52-50-48-46-44-41-26-24-22-20-18-16-14-12-10-8-6-4-2/h5-8,11-14,17-20,23-26,28-29,44,46,50,52,56,58,69H,3-4,9-10,15-16,21-22,27,30-43,45,47-49,51,53-55,57,59-68,72H2,1-2H3,(H,75,76)/b7-5-,8-6-,13-11-,14-12-,19-17-,20-18-,25-23-,26-24-,29-28-,46-44-,52-50-,58-56-. The molecular weight excluding hydrogens is 1030 g/mol. The summed E-state index contributed by atoms with van der Waals surface area (Å²) in [6.07, 6.45) is 93.7. The van der Waals surface area contributed by atoms with Crippen molar-refractivity contribution in [3.05, 3.63) is 146 Å². The number of allylic oxidation sites excluding steroid dienone is 24. The molecule has 0 rings (SSSR count). The summed E-state index contributed by atoms with van der Waals surface area (Å²) in [4.78, 5) is 35.2. The van der Waals surface area contributed by atoms with E-state index in [1.54, 1.807) is 0 Å². The van der Waals surface area contributed by atoms with Crippen molar-refractivity contribution in [3.8, 4) is 0 Å². The number of unbranched alkanes of at least 4 members (excludes halogenated alkanes) is 22. The van der Waals surface area contributed by atoms with Crippen LogP contribution in [-0.2, 0) is 32.7 Å². The fourth-order valence-electron chi connectivity index (χ4n) is 8.54. The van der Waals surface area contributed by atoms with Crippen molar-refractivity contribution in [1.29, 1.82) is 0 Å². The Kier molecular flexibility index (Phi) is 61.7. The van der Waals surface area contributed by atoms with Crippen LogP contribution in [0.3, 0.4) is 0 Å². The van der Waals surface area contributed by atoms with Crippen LogP contribution in [0.5, 0.6) is 0 Å². The highest BCUT2D eigenvalue weighted by Gasteiger charge is 2.26. The zero-order valence-corrected chi connectivity index (χ0v) is 52.4. The van der Waals surface area contributed by atoms with Crippen molar-refractivity contribution >= 4 is 19.8 Å². The summed E-state index contributed by atoms with van der Waals surface area (Å²) in [6.45, 7) is 3.45. The first-order valence-corrected chi connectivity index (χ1v) is 33.8. The van der Waals surface area contributed by atoms with Crippen LogP contribution in [0.2, 0.25) is 0 Å². The van der Waals surface area contributed by atoms with Gasteiger partial charge < -0.3 is 20.1 Å². The van der Waals surface area contributed by atoms with E-state index < -0.39 is 32.5 Å². The van der Waals surface area contributed by atoms with Crippen LogP contribution < -0.4 is 5.73 Å². The van der Waals surface area contributed by atoms with Gasteiger partial charge in [0.2, 0.25) is 0 Å². The third kappa shape index (κ3) is 64.9. The first-order chi connectivity index (χ1) is 39.8. The van der Waals surface area contributed by atoms with Crippen LogP contribution in [0, 0.1) is 0 Å². The van der Waals surface area contributed by atoms with E-state index >= 15 is 0 Å². The van der Waals surface area contributed by atoms with E-state index in [0.29, 0.717) is 12.8 Å². The SMILES string of the molecule is CC/C=C\C/C=C\C/C=C\C/C=C\C/C=C\C/C=C\C/C=C\CCCC(=O)OC(COC(=O)CCCCCCCCCCCCCCCCCCCCCCC/C=C\C/C=C\C/C=C\C/C=C\C/C=C\CC)COP(=O)(O)OCCN. The molecule has 2 unspecified atom stereocenters. The van der Waals surface area contributed by atoms with E-state index in [2.05, 4.69) is 154 Å². The molecule has 81 heavy (non-hydrogen) atoms. The summed E-state index contributed by atoms with van der Waals surface area (Å²) in [5.74, 6) is -0.900. The van der Waals surface area contributed by atoms with Gasteiger partial charge in [-0.2, -0.15) is 0 Å². The maximum Gasteiger partial charge on any atom is 0.472 e. The van der Waals surface area contributed by atoms with E-state index in [0.717, 1.165) is 96.3 Å². The average Bonchev–Trinajstić information content (AvgIpc) is 3.46. The van der Waals surface area contributed by atoms with Gasteiger partial charge in [0.25, 0.3) is 0 Å². The van der Waals surface area contributed by atoms with E-state index in [-0.39, 0.29) is 32.6 Å². The number of carbonyl (C=O) groups excluding carboxylic acids is 2. The molecule has 0 aliphatic rings. The Morgan fingerprint density at radius 2 is 0.654 bits per heavy atom. The molecule has 9 nitrogen and oxygen atoms in total. The van der Waals surface area contributed by atoms with Crippen molar-refractivity contribution in [2.75, 3.05) is 26.4 Å². The molecule has 0 aliphatic heterocycles. The smallest absolute Gasteiger partial charge is 0.462 e. The molecule has 2 atom stereocenters. The van der Waals surface area contributed by atoms with Crippen molar-refractivity contribution in [2.45, 2.75) is 264 Å². The quantitative estimate of drug-likeness (QED) is 0.0264. The number of rotatable bonds is 59. The minimum absolute atomic E-state index is 0.0381. The van der Waals surface area contributed by atoms with Crippen LogP contribution in [0.4, 0.5) is 0 Å². The van der Waals surface area contributed by atoms with Gasteiger partial charge in [-0.05, 0) is 109 Å². The van der Waals surface area contributed by atoms with Crippen molar-refractivity contribution < 1.29 is 37.6 Å². The van der Waals surface area contributed by atoms with Gasteiger partial charge in [-0.3, -0.25) is 18.6 Å². The lowest BCUT2D eigenvalue weighted by Gasteiger charge is -2.19. The van der Waals surface area contributed by atoms with Crippen LogP contribution >= 0.6 is 7.82 Å². The highest BCUT2D eigenvalue weighted by atomic mass is 31.2. The Morgan fingerprint density at radius 1 is 0.370 bits per heavy atom. The van der Waals surface area contributed by atoms with Gasteiger partial charge in [0.1, 0.15) is 6.61 Å². The first-order valence-electron chi connectivity index (χ1n) is 32.3. The van der Waals surface area contributed by atoms with Gasteiger partial charge in [0, 0.05) is 19.4 Å². The van der Waals surface area contributed by atoms with Crippen LogP contribution in [0.25, 0.3) is 0 Å². The number of ether oxygens (including phenoxy) is 2. The topological polar surface area (TPSA) is 134 Å². The highest BCUT2D eigenvalue weighted by molar-refractivity contribution is 7.47. The molecule has 0 aliphatic carbocycles. The van der Waals surface area contributed by atoms with Crippen molar-refractivity contribution in [1.82, 2.24) is 0 Å². The molecule has 0 saturated carbocycles. The lowest BCUT2D eigenvalue weighted by Crippen LogP contribution is -2.29. The van der Waals surface area contributed by atoms with Crippen LogP contribution in [0.15, 0.2) is 146 Å². The number of phosphoric acid groups is 1. The minimum atomic E-state index is -4.41. The lowest BCUT2D eigenvalue weighted by molar-refractivity contribution is -0.161. The fourth-order valence-corrected chi connectivity index (χ4v) is 9.30. The molecule has 3 N–H and O–H groups in total. The number of carbonyl (C=O) groups is 2. The second kappa shape index (κ2) is 65.0. The number of hydrogen-bond acceptors (Lipinski definition) is 8. The molecule has 0 heterocycles. The van der Waals surface area contributed by atoms with Crippen LogP contribution in [0.1, 0.15) is 258 Å². The van der Waals surface area contributed by atoms with E-state index in [1.165, 1.54) is 122 Å². The van der Waals surface area contributed by atoms with Gasteiger partial charge in [0.15, 0.2) is 6.10 Å². The molecule has 0 bridgehead atoms. The molecule has 460 valence electrons. The van der Waals surface area contributed by atoms with Gasteiger partial charge in [-0.15, -0.1) is 0 Å². The Morgan fingerprint density at radius 3 is 0.988 bits per heavy atom. The predicted octanol–water partition coefficient (Wildman–Crippen LogP) is 21.1. The second-order valence-electron chi connectivity index (χ2n) is 20.9. The molecule has 0 spiro atoms. The largest absolute Gasteiger partial charge is 0.472 e. The lowest BCUT2D eigenvalue weighted by atomic mass is 10.0. The number of phosphoric ester groups is 1. The Balaban J connectivity index is 3.94. The second-order valence-corrected chi connectivity index (χ2v) is 22.3. The average molecular weight is 1140 g/mol. The van der Waals surface area contributed by atoms with Gasteiger partial charge in [-0.25, -0.2) is 4.57 Å². The Bertz CT molecular complexity index is 1830. The van der Waals surface area contributed by atoms with Crippen LogP contribution in [-0.4, -0.2) is 49.3 Å². The molecule has 10 heteroatoms. The third-order valence-electron chi connectivity index (χ3n) is 13.2. The van der Waals surface area contributed by atoms with E-state index in [9.17, 15) is 19.0 Å². The summed E-state index contributed by atoms with van der Waals surface area (Å²) in [5, 5.41) is 0. The summed E-state index contributed by atoms with van der Waals surface area (Å²) in [7, 11) is -4.41. The minimum Gasteiger partial charge on any atom is -0.462 e. The molecule has 0 saturated heterocycles. The Hall–Kier alpha value is -4.11. The van der Waals surface area contributed by atoms with Crippen molar-refractivity contribution in [2.24, 2.45) is 5.73 Å². The normalized spacial score (nSPS) is 14.0. The number of hydrogen-bond donors (Lipinski definition) is 2.